The van der Waals surface area contributed by atoms with Crippen molar-refractivity contribution in [3.8, 4) is 22.5 Å². The van der Waals surface area contributed by atoms with Crippen LogP contribution >= 0.6 is 0 Å². The molecule has 3 atom stereocenters. The average Bonchev–Trinajstić information content (AvgIpc) is 3.96. The van der Waals surface area contributed by atoms with Gasteiger partial charge < -0.3 is 35.1 Å². The summed E-state index contributed by atoms with van der Waals surface area (Å²) >= 11 is 0. The van der Waals surface area contributed by atoms with Crippen LogP contribution in [0.3, 0.4) is 0 Å². The zero-order chi connectivity index (χ0) is 35.5. The van der Waals surface area contributed by atoms with E-state index < -0.39 is 18.2 Å². The van der Waals surface area contributed by atoms with Gasteiger partial charge in [-0.2, -0.15) is 0 Å². The fourth-order valence-corrected chi connectivity index (χ4v) is 7.05. The highest BCUT2D eigenvalue weighted by Crippen LogP contribution is 2.32. The van der Waals surface area contributed by atoms with E-state index in [0.29, 0.717) is 30.6 Å². The Morgan fingerprint density at radius 2 is 1.65 bits per heavy atom. The number of likely N-dealkylation sites (tertiary alicyclic amines) is 2. The number of imidazole rings is 1. The highest BCUT2D eigenvalue weighted by Gasteiger charge is 2.38. The lowest BCUT2D eigenvalue weighted by molar-refractivity contribution is -0.138. The Labute approximate surface area is 295 Å². The van der Waals surface area contributed by atoms with E-state index in [0.717, 1.165) is 65.0 Å². The SMILES string of the molecule is CC(C)OC(=O)N[C@@H](C(=O)N1CCC[C@H]1C(=O)Nc1ccc2[nH]c(-c3ccc(-c4cnc([C@@H]5CCCN5C=O)[nH]4)cc3)cc2c1)c1ccccc1. The van der Waals surface area contributed by atoms with Gasteiger partial charge in [-0.3, -0.25) is 14.4 Å². The van der Waals surface area contributed by atoms with Gasteiger partial charge in [0.25, 0.3) is 5.91 Å². The van der Waals surface area contributed by atoms with Gasteiger partial charge in [0.1, 0.15) is 17.9 Å². The van der Waals surface area contributed by atoms with Crippen LogP contribution in [-0.4, -0.2) is 74.3 Å². The van der Waals surface area contributed by atoms with Crippen molar-refractivity contribution < 1.29 is 23.9 Å². The zero-order valence-electron chi connectivity index (χ0n) is 28.6. The smallest absolute Gasteiger partial charge is 0.408 e. The maximum atomic E-state index is 13.9. The van der Waals surface area contributed by atoms with Crippen LogP contribution < -0.4 is 10.6 Å². The lowest BCUT2D eigenvalue weighted by atomic mass is 10.0. The van der Waals surface area contributed by atoms with Crippen LogP contribution in [0, 0.1) is 0 Å². The molecule has 0 radical (unpaired) electrons. The summed E-state index contributed by atoms with van der Waals surface area (Å²) in [4.78, 5) is 66.2. The summed E-state index contributed by atoms with van der Waals surface area (Å²) in [7, 11) is 0. The van der Waals surface area contributed by atoms with Gasteiger partial charge in [0, 0.05) is 35.4 Å². The Bertz CT molecular complexity index is 2040. The molecule has 4 heterocycles. The summed E-state index contributed by atoms with van der Waals surface area (Å²) in [6.07, 6.45) is 4.72. The van der Waals surface area contributed by atoms with Crippen LogP contribution in [-0.2, 0) is 19.1 Å². The molecule has 2 saturated heterocycles. The third-order valence-corrected chi connectivity index (χ3v) is 9.56. The summed E-state index contributed by atoms with van der Waals surface area (Å²) in [6, 6.07) is 23.2. The molecule has 2 aliphatic rings. The van der Waals surface area contributed by atoms with E-state index in [4.69, 9.17) is 4.74 Å². The van der Waals surface area contributed by atoms with E-state index in [1.807, 2.05) is 60.8 Å². The number of amides is 4. The second-order valence-electron chi connectivity index (χ2n) is 13.4. The van der Waals surface area contributed by atoms with Crippen molar-refractivity contribution in [2.45, 2.75) is 63.8 Å². The number of fused-ring (bicyclic) bond motifs is 1. The molecule has 262 valence electrons. The standard InChI is InChI=1S/C39H41N7O5/c1-24(2)51-39(50)44-35(27-8-4-3-5-9-27)38(49)46-19-7-11-34(46)37(48)41-29-16-17-30-28(20-29)21-31(42-30)25-12-14-26(15-13-25)32-22-40-36(43-32)33-10-6-18-45(33)23-47/h3-5,8-9,12-17,20-24,33-35,42H,6-7,10-11,18-19H2,1-2H3,(H,40,43)(H,41,48)(H,44,50)/t33-,34-,35+/m0/s1. The second kappa shape index (κ2) is 14.5. The number of nitrogens with zero attached hydrogens (tertiary/aromatic N) is 3. The van der Waals surface area contributed by atoms with E-state index in [9.17, 15) is 19.2 Å². The number of carbonyl (C=O) groups is 4. The Morgan fingerprint density at radius 3 is 2.39 bits per heavy atom. The van der Waals surface area contributed by atoms with Gasteiger partial charge in [0.15, 0.2) is 0 Å². The predicted molar refractivity (Wildman–Crippen MR) is 193 cm³/mol. The maximum Gasteiger partial charge on any atom is 0.408 e. The molecule has 4 N–H and O–H groups in total. The highest BCUT2D eigenvalue weighted by atomic mass is 16.6. The van der Waals surface area contributed by atoms with Crippen molar-refractivity contribution in [3.05, 3.63) is 96.4 Å². The molecule has 12 heteroatoms. The zero-order valence-corrected chi connectivity index (χ0v) is 28.6. The average molecular weight is 688 g/mol. The van der Waals surface area contributed by atoms with Crippen LogP contribution in [0.15, 0.2) is 85.1 Å². The van der Waals surface area contributed by atoms with Crippen molar-refractivity contribution in [1.82, 2.24) is 30.1 Å². The molecule has 4 amide bonds. The number of H-pyrrole nitrogens is 2. The Hall–Kier alpha value is -5.91. The minimum absolute atomic E-state index is 0.00710. The molecule has 0 bridgehead atoms. The lowest BCUT2D eigenvalue weighted by Crippen LogP contribution is -2.48. The summed E-state index contributed by atoms with van der Waals surface area (Å²) in [5, 5.41) is 6.66. The molecule has 7 rings (SSSR count). The van der Waals surface area contributed by atoms with E-state index in [-0.39, 0.29) is 24.0 Å². The van der Waals surface area contributed by atoms with Crippen LogP contribution in [0.5, 0.6) is 0 Å². The number of aromatic nitrogens is 3. The van der Waals surface area contributed by atoms with Crippen LogP contribution in [0.2, 0.25) is 0 Å². The summed E-state index contributed by atoms with van der Waals surface area (Å²) in [5.41, 5.74) is 5.98. The van der Waals surface area contributed by atoms with Gasteiger partial charge in [-0.1, -0.05) is 54.6 Å². The van der Waals surface area contributed by atoms with Gasteiger partial charge >= 0.3 is 6.09 Å². The predicted octanol–water partition coefficient (Wildman–Crippen LogP) is 6.32. The number of hydrogen-bond acceptors (Lipinski definition) is 6. The Kier molecular flexibility index (Phi) is 9.56. The fourth-order valence-electron chi connectivity index (χ4n) is 7.05. The van der Waals surface area contributed by atoms with Crippen molar-refractivity contribution in [3.63, 3.8) is 0 Å². The van der Waals surface area contributed by atoms with E-state index in [1.54, 1.807) is 47.9 Å². The fraction of sp³-hybridized carbons (Fsp3) is 0.308. The van der Waals surface area contributed by atoms with E-state index in [2.05, 4.69) is 25.6 Å². The van der Waals surface area contributed by atoms with Crippen LogP contribution in [0.1, 0.15) is 63.0 Å². The molecule has 2 fully saturated rings. The van der Waals surface area contributed by atoms with Gasteiger partial charge in [-0.05, 0) is 80.5 Å². The molecular formula is C39H41N7O5. The number of alkyl carbamates (subject to hydrolysis) is 1. The largest absolute Gasteiger partial charge is 0.447 e. The monoisotopic (exact) mass is 687 g/mol. The van der Waals surface area contributed by atoms with E-state index >= 15 is 0 Å². The third kappa shape index (κ3) is 7.21. The summed E-state index contributed by atoms with van der Waals surface area (Å²) in [6.45, 7) is 4.64. The van der Waals surface area contributed by atoms with Gasteiger partial charge in [0.2, 0.25) is 12.3 Å². The van der Waals surface area contributed by atoms with Gasteiger partial charge in [0.05, 0.1) is 24.0 Å². The first-order valence-electron chi connectivity index (χ1n) is 17.4. The molecule has 12 nitrogen and oxygen atoms in total. The first kappa shape index (κ1) is 33.6. The molecule has 2 aliphatic heterocycles. The summed E-state index contributed by atoms with van der Waals surface area (Å²) in [5.74, 6) is 0.168. The molecule has 51 heavy (non-hydrogen) atoms. The number of ether oxygens (including phenoxy) is 1. The van der Waals surface area contributed by atoms with Crippen molar-refractivity contribution in [2.24, 2.45) is 0 Å². The van der Waals surface area contributed by atoms with Gasteiger partial charge in [-0.25, -0.2) is 9.78 Å². The number of carbonyl (C=O) groups excluding carboxylic acids is 4. The molecule has 2 aromatic heterocycles. The molecule has 5 aromatic rings. The van der Waals surface area contributed by atoms with Gasteiger partial charge in [-0.15, -0.1) is 0 Å². The summed E-state index contributed by atoms with van der Waals surface area (Å²) < 4.78 is 5.26. The first-order valence-corrected chi connectivity index (χ1v) is 17.4. The Balaban J connectivity index is 1.03. The number of hydrogen-bond donors (Lipinski definition) is 4. The van der Waals surface area contributed by atoms with E-state index in [1.165, 1.54) is 0 Å². The normalized spacial score (nSPS) is 17.9. The highest BCUT2D eigenvalue weighted by molar-refractivity contribution is 6.00. The maximum absolute atomic E-state index is 13.9. The molecular weight excluding hydrogens is 646 g/mol. The molecule has 0 saturated carbocycles. The number of aromatic amines is 2. The molecule has 3 aromatic carbocycles. The van der Waals surface area contributed by atoms with Crippen molar-refractivity contribution in [1.29, 1.82) is 0 Å². The number of benzene rings is 3. The minimum Gasteiger partial charge on any atom is -0.447 e. The number of rotatable bonds is 10. The molecule has 0 unspecified atom stereocenters. The second-order valence-corrected chi connectivity index (χ2v) is 13.4. The third-order valence-electron chi connectivity index (χ3n) is 9.56. The van der Waals surface area contributed by atoms with Crippen LogP contribution in [0.4, 0.5) is 10.5 Å². The van der Waals surface area contributed by atoms with Crippen LogP contribution in [0.25, 0.3) is 33.4 Å². The topological polar surface area (TPSA) is 153 Å². The lowest BCUT2D eigenvalue weighted by Gasteiger charge is -2.29. The Morgan fingerprint density at radius 1 is 0.902 bits per heavy atom. The number of nitrogens with one attached hydrogen (secondary N) is 4. The first-order chi connectivity index (χ1) is 24.8. The quantitative estimate of drug-likeness (QED) is 0.126. The minimum atomic E-state index is -0.988. The van der Waals surface area contributed by atoms with Crippen molar-refractivity contribution in [2.75, 3.05) is 18.4 Å². The molecule has 0 spiro atoms. The number of anilines is 1. The molecule has 0 aliphatic carbocycles. The van der Waals surface area contributed by atoms with Crippen molar-refractivity contribution >= 4 is 40.9 Å².